The lowest BCUT2D eigenvalue weighted by molar-refractivity contribution is -0.136. The van der Waals surface area contributed by atoms with Crippen LogP contribution in [0.15, 0.2) is 91.0 Å². The van der Waals surface area contributed by atoms with E-state index >= 15 is 0 Å². The third-order valence-corrected chi connectivity index (χ3v) is 7.36. The molecule has 2 amide bonds. The molecule has 0 saturated carbocycles. The number of alkyl carbamates (subject to hydrolysis) is 1. The van der Waals surface area contributed by atoms with Crippen LogP contribution in [0.1, 0.15) is 43.0 Å². The predicted octanol–water partition coefficient (Wildman–Crippen LogP) is 6.30. The Balaban J connectivity index is 1.47. The highest BCUT2D eigenvalue weighted by Gasteiger charge is 2.51. The van der Waals surface area contributed by atoms with Crippen molar-refractivity contribution in [2.24, 2.45) is 0 Å². The van der Waals surface area contributed by atoms with Crippen molar-refractivity contribution in [1.29, 1.82) is 0 Å². The summed E-state index contributed by atoms with van der Waals surface area (Å²) >= 11 is 0. The summed E-state index contributed by atoms with van der Waals surface area (Å²) in [5.41, 5.74) is -0.647. The molecule has 2 atom stereocenters. The first kappa shape index (κ1) is 31.2. The van der Waals surface area contributed by atoms with E-state index in [1.54, 1.807) is 57.2 Å². The first-order valence-corrected chi connectivity index (χ1v) is 14.2. The molecule has 1 aliphatic heterocycles. The summed E-state index contributed by atoms with van der Waals surface area (Å²) in [4.78, 5) is 39.6. The fraction of sp³-hybridized carbons (Fsp3) is 0.229. The van der Waals surface area contributed by atoms with E-state index in [0.29, 0.717) is 16.9 Å². The number of halogens is 2. The maximum atomic E-state index is 14.9. The van der Waals surface area contributed by atoms with Crippen LogP contribution in [0.5, 0.6) is 11.5 Å². The van der Waals surface area contributed by atoms with E-state index < -0.39 is 46.7 Å². The van der Waals surface area contributed by atoms with Crippen molar-refractivity contribution in [2.45, 2.75) is 44.2 Å². The number of carbonyl (C=O) groups is 3. The average Bonchev–Trinajstić information content (AvgIpc) is 3.31. The number of benzene rings is 4. The predicted molar refractivity (Wildman–Crippen MR) is 163 cm³/mol. The maximum absolute atomic E-state index is 14.9. The van der Waals surface area contributed by atoms with Gasteiger partial charge in [0.25, 0.3) is 0 Å². The van der Waals surface area contributed by atoms with Crippen LogP contribution in [-0.4, -0.2) is 36.7 Å². The summed E-state index contributed by atoms with van der Waals surface area (Å²) in [6.45, 7) is 5.14. The molecule has 45 heavy (non-hydrogen) atoms. The Bertz CT molecular complexity index is 1720. The number of nitrogens with one attached hydrogen (secondary N) is 2. The summed E-state index contributed by atoms with van der Waals surface area (Å²) in [7, 11) is 1.51. The van der Waals surface area contributed by atoms with Gasteiger partial charge in [0.2, 0.25) is 5.91 Å². The van der Waals surface area contributed by atoms with Gasteiger partial charge in [-0.1, -0.05) is 60.7 Å². The average molecular weight is 615 g/mol. The Morgan fingerprint density at radius 3 is 2.04 bits per heavy atom. The van der Waals surface area contributed by atoms with Gasteiger partial charge in [-0.25, -0.2) is 18.4 Å². The zero-order chi connectivity index (χ0) is 32.4. The molecule has 0 spiro atoms. The van der Waals surface area contributed by atoms with Crippen LogP contribution in [0.4, 0.5) is 19.3 Å². The minimum atomic E-state index is -1.55. The lowest BCUT2D eigenvalue weighted by atomic mass is 9.70. The zero-order valence-electron chi connectivity index (χ0n) is 25.2. The standard InChI is InChI=1S/C35H32F2N2O6/c1-34(2,3)45-33(42)38-28(20-21-8-6-5-7-9-21)31(40)44-25-16-12-23(13-17-25)35(22-10-14-24(43-4)15-11-22)26-18-19-27(36)29(37)30(26)39-32(35)41/h5-19,28H,20H2,1-4H3,(H,38,42)(H,39,41)/t28-,35?/m0/s1. The molecule has 4 aromatic carbocycles. The zero-order valence-corrected chi connectivity index (χ0v) is 25.2. The van der Waals surface area contributed by atoms with Gasteiger partial charge in [-0.05, 0) is 67.8 Å². The first-order chi connectivity index (χ1) is 21.4. The molecule has 0 aliphatic carbocycles. The van der Waals surface area contributed by atoms with Crippen LogP contribution < -0.4 is 20.1 Å². The summed E-state index contributed by atoms with van der Waals surface area (Å²) in [5, 5.41) is 5.12. The molecule has 232 valence electrons. The maximum Gasteiger partial charge on any atom is 0.408 e. The van der Waals surface area contributed by atoms with Gasteiger partial charge < -0.3 is 24.8 Å². The van der Waals surface area contributed by atoms with Crippen LogP contribution in [-0.2, 0) is 26.2 Å². The number of fused-ring (bicyclic) bond motifs is 1. The van der Waals surface area contributed by atoms with Crippen LogP contribution in [0.2, 0.25) is 0 Å². The van der Waals surface area contributed by atoms with Crippen LogP contribution in [0.3, 0.4) is 0 Å². The molecule has 1 unspecified atom stereocenters. The lowest BCUT2D eigenvalue weighted by Gasteiger charge is -2.29. The Hall–Kier alpha value is -5.25. The van der Waals surface area contributed by atoms with Crippen LogP contribution in [0, 0.1) is 11.6 Å². The van der Waals surface area contributed by atoms with Crippen LogP contribution >= 0.6 is 0 Å². The summed E-state index contributed by atoms with van der Waals surface area (Å²) in [6, 6.07) is 23.3. The number of rotatable bonds is 8. The monoisotopic (exact) mass is 614 g/mol. The molecule has 0 bridgehead atoms. The number of amides is 2. The third-order valence-electron chi connectivity index (χ3n) is 7.36. The fourth-order valence-electron chi connectivity index (χ4n) is 5.35. The van der Waals surface area contributed by atoms with Crippen molar-refractivity contribution in [1.82, 2.24) is 5.32 Å². The smallest absolute Gasteiger partial charge is 0.408 e. The largest absolute Gasteiger partial charge is 0.497 e. The van der Waals surface area contributed by atoms with E-state index in [4.69, 9.17) is 14.2 Å². The molecule has 2 N–H and O–H groups in total. The topological polar surface area (TPSA) is 103 Å². The van der Waals surface area contributed by atoms with Crippen molar-refractivity contribution < 1.29 is 37.4 Å². The summed E-state index contributed by atoms with van der Waals surface area (Å²) in [5.74, 6) is -2.88. The number of esters is 1. The van der Waals surface area contributed by atoms with Gasteiger partial charge >= 0.3 is 12.1 Å². The van der Waals surface area contributed by atoms with Crippen molar-refractivity contribution in [2.75, 3.05) is 12.4 Å². The molecular weight excluding hydrogens is 582 g/mol. The van der Waals surface area contributed by atoms with Gasteiger partial charge in [0.05, 0.1) is 12.8 Å². The highest BCUT2D eigenvalue weighted by atomic mass is 19.2. The number of methoxy groups -OCH3 is 1. The number of hydrogen-bond donors (Lipinski definition) is 2. The van der Waals surface area contributed by atoms with Crippen molar-refractivity contribution in [3.05, 3.63) is 125 Å². The Kier molecular flexibility index (Phi) is 8.59. The second kappa shape index (κ2) is 12.4. The van der Waals surface area contributed by atoms with Crippen molar-refractivity contribution >= 4 is 23.7 Å². The van der Waals surface area contributed by atoms with Gasteiger partial charge in [0, 0.05) is 12.0 Å². The molecule has 1 heterocycles. The van der Waals surface area contributed by atoms with E-state index in [1.165, 1.54) is 25.3 Å². The molecule has 0 fully saturated rings. The normalized spacial score (nSPS) is 16.3. The first-order valence-electron chi connectivity index (χ1n) is 14.2. The minimum absolute atomic E-state index is 0.140. The van der Waals surface area contributed by atoms with E-state index in [-0.39, 0.29) is 23.4 Å². The fourth-order valence-corrected chi connectivity index (χ4v) is 5.35. The van der Waals surface area contributed by atoms with Crippen LogP contribution in [0.25, 0.3) is 0 Å². The second-order valence-corrected chi connectivity index (χ2v) is 11.6. The highest BCUT2D eigenvalue weighted by Crippen LogP contribution is 2.49. The number of carbonyl (C=O) groups excluding carboxylic acids is 3. The van der Waals surface area contributed by atoms with Gasteiger partial charge in [0.1, 0.15) is 28.6 Å². The molecule has 4 aromatic rings. The minimum Gasteiger partial charge on any atom is -0.497 e. The SMILES string of the molecule is COc1ccc(C2(c3ccc(OC(=O)[C@H](Cc4ccccc4)NC(=O)OC(C)(C)C)cc3)C(=O)Nc3c2ccc(F)c3F)cc1. The molecule has 0 aromatic heterocycles. The molecular formula is C35H32F2N2O6. The number of anilines is 1. The quantitative estimate of drug-likeness (QED) is 0.178. The molecule has 10 heteroatoms. The van der Waals surface area contributed by atoms with Gasteiger partial charge in [-0.15, -0.1) is 0 Å². The second-order valence-electron chi connectivity index (χ2n) is 11.6. The molecule has 0 radical (unpaired) electrons. The van der Waals surface area contributed by atoms with E-state index in [2.05, 4.69) is 10.6 Å². The molecule has 0 saturated heterocycles. The Morgan fingerprint density at radius 1 is 0.867 bits per heavy atom. The van der Waals surface area contributed by atoms with Crippen molar-refractivity contribution in [3.63, 3.8) is 0 Å². The molecule has 5 rings (SSSR count). The Labute approximate surface area is 259 Å². The number of ether oxygens (including phenoxy) is 3. The molecule has 1 aliphatic rings. The van der Waals surface area contributed by atoms with E-state index in [0.717, 1.165) is 11.6 Å². The summed E-state index contributed by atoms with van der Waals surface area (Å²) < 4.78 is 45.3. The molecule has 8 nitrogen and oxygen atoms in total. The van der Waals surface area contributed by atoms with E-state index in [1.807, 2.05) is 30.3 Å². The van der Waals surface area contributed by atoms with Crippen molar-refractivity contribution in [3.8, 4) is 11.5 Å². The summed E-state index contributed by atoms with van der Waals surface area (Å²) in [6.07, 6.45) is -0.622. The van der Waals surface area contributed by atoms with Gasteiger partial charge in [-0.3, -0.25) is 4.79 Å². The Morgan fingerprint density at radius 2 is 1.47 bits per heavy atom. The lowest BCUT2D eigenvalue weighted by Crippen LogP contribution is -2.46. The highest BCUT2D eigenvalue weighted by molar-refractivity contribution is 6.11. The van der Waals surface area contributed by atoms with Gasteiger partial charge in [0.15, 0.2) is 11.6 Å². The van der Waals surface area contributed by atoms with E-state index in [9.17, 15) is 23.2 Å². The van der Waals surface area contributed by atoms with Gasteiger partial charge in [-0.2, -0.15) is 0 Å². The number of hydrogen-bond acceptors (Lipinski definition) is 6. The third kappa shape index (κ3) is 6.35.